The third-order valence-electron chi connectivity index (χ3n) is 4.45. The van der Waals surface area contributed by atoms with Gasteiger partial charge in [0.1, 0.15) is 5.57 Å². The molecular formula is C22H13F3O3. The number of hydrogen-bond acceptors (Lipinski definition) is 3. The highest BCUT2D eigenvalue weighted by Crippen LogP contribution is 2.36. The fraction of sp³-hybridized carbons (Fsp3) is 0.0455. The maximum absolute atomic E-state index is 12.9. The highest BCUT2D eigenvalue weighted by atomic mass is 19.4. The van der Waals surface area contributed by atoms with Crippen LogP contribution in [0.5, 0.6) is 0 Å². The minimum atomic E-state index is -4.49. The van der Waals surface area contributed by atoms with Gasteiger partial charge in [0, 0.05) is 5.56 Å². The second kappa shape index (κ2) is 6.56. The summed E-state index contributed by atoms with van der Waals surface area (Å²) in [6.45, 7) is 0. The summed E-state index contributed by atoms with van der Waals surface area (Å²) in [4.78, 5) is 12.4. The predicted octanol–water partition coefficient (Wildman–Crippen LogP) is 5.73. The standard InChI is InChI=1S/C22H13F3O3/c23-22(24,25)15-8-3-5-13(11-15)12-18-20(26)19(21(27)28-18)17-10-4-7-14-6-1-2-9-16(14)17/h1-12,26H/b18-12-. The molecule has 1 aliphatic rings. The zero-order valence-electron chi connectivity index (χ0n) is 14.3. The highest BCUT2D eigenvalue weighted by Gasteiger charge is 2.33. The molecule has 1 aliphatic heterocycles. The minimum Gasteiger partial charge on any atom is -0.504 e. The molecule has 0 saturated heterocycles. The molecule has 0 aliphatic carbocycles. The first-order chi connectivity index (χ1) is 13.3. The van der Waals surface area contributed by atoms with Gasteiger partial charge in [-0.2, -0.15) is 13.2 Å². The number of aliphatic hydroxyl groups excluding tert-OH is 1. The number of aliphatic hydroxyl groups is 1. The average molecular weight is 382 g/mol. The van der Waals surface area contributed by atoms with Crippen LogP contribution in [0.2, 0.25) is 0 Å². The van der Waals surface area contributed by atoms with Gasteiger partial charge in [-0.1, -0.05) is 54.6 Å². The molecule has 0 spiro atoms. The van der Waals surface area contributed by atoms with Crippen LogP contribution in [0.15, 0.2) is 78.2 Å². The Bertz CT molecular complexity index is 1150. The van der Waals surface area contributed by atoms with Crippen LogP contribution in [0, 0.1) is 0 Å². The number of carbonyl (C=O) groups excluding carboxylic acids is 1. The molecule has 3 nitrogen and oxygen atoms in total. The van der Waals surface area contributed by atoms with Gasteiger partial charge >= 0.3 is 12.1 Å². The lowest BCUT2D eigenvalue weighted by Gasteiger charge is -2.07. The lowest BCUT2D eigenvalue weighted by molar-refractivity contribution is -0.137. The van der Waals surface area contributed by atoms with E-state index in [0.717, 1.165) is 22.9 Å². The van der Waals surface area contributed by atoms with Gasteiger partial charge < -0.3 is 9.84 Å². The van der Waals surface area contributed by atoms with Crippen LogP contribution in [0.3, 0.4) is 0 Å². The van der Waals surface area contributed by atoms with E-state index in [1.165, 1.54) is 18.2 Å². The lowest BCUT2D eigenvalue weighted by atomic mass is 9.97. The van der Waals surface area contributed by atoms with Crippen LogP contribution in [-0.4, -0.2) is 11.1 Å². The van der Waals surface area contributed by atoms with Gasteiger partial charge in [-0.25, -0.2) is 4.79 Å². The first-order valence-corrected chi connectivity index (χ1v) is 8.37. The zero-order chi connectivity index (χ0) is 19.9. The second-order valence-electron chi connectivity index (χ2n) is 6.27. The van der Waals surface area contributed by atoms with E-state index in [9.17, 15) is 23.1 Å². The number of alkyl halides is 3. The Morgan fingerprint density at radius 3 is 2.43 bits per heavy atom. The second-order valence-corrected chi connectivity index (χ2v) is 6.27. The summed E-state index contributed by atoms with van der Waals surface area (Å²) in [5, 5.41) is 12.2. The fourth-order valence-corrected chi connectivity index (χ4v) is 3.15. The molecule has 1 heterocycles. The smallest absolute Gasteiger partial charge is 0.416 e. The van der Waals surface area contributed by atoms with Crippen LogP contribution in [-0.2, 0) is 15.7 Å². The Balaban J connectivity index is 1.81. The molecule has 0 saturated carbocycles. The Morgan fingerprint density at radius 1 is 0.929 bits per heavy atom. The molecule has 6 heteroatoms. The van der Waals surface area contributed by atoms with Crippen molar-refractivity contribution in [3.63, 3.8) is 0 Å². The van der Waals surface area contributed by atoms with Crippen molar-refractivity contribution >= 4 is 28.4 Å². The first-order valence-electron chi connectivity index (χ1n) is 8.37. The van der Waals surface area contributed by atoms with Crippen molar-refractivity contribution in [1.29, 1.82) is 0 Å². The van der Waals surface area contributed by atoms with Gasteiger partial charge in [-0.05, 0) is 34.5 Å². The first kappa shape index (κ1) is 17.9. The van der Waals surface area contributed by atoms with Crippen LogP contribution < -0.4 is 0 Å². The quantitative estimate of drug-likeness (QED) is 0.576. The summed E-state index contributed by atoms with van der Waals surface area (Å²) in [5.41, 5.74) is -0.199. The molecule has 0 amide bonds. The molecule has 3 aromatic carbocycles. The fourth-order valence-electron chi connectivity index (χ4n) is 3.15. The summed E-state index contributed by atoms with van der Waals surface area (Å²) in [6, 6.07) is 17.2. The van der Waals surface area contributed by atoms with Gasteiger partial charge in [0.25, 0.3) is 0 Å². The number of rotatable bonds is 2. The average Bonchev–Trinajstić information content (AvgIpc) is 2.94. The Morgan fingerprint density at radius 2 is 1.64 bits per heavy atom. The molecule has 0 radical (unpaired) electrons. The molecular weight excluding hydrogens is 369 g/mol. The summed E-state index contributed by atoms with van der Waals surface area (Å²) in [5.74, 6) is -1.35. The van der Waals surface area contributed by atoms with E-state index in [0.29, 0.717) is 5.56 Å². The summed E-state index contributed by atoms with van der Waals surface area (Å²) in [7, 11) is 0. The van der Waals surface area contributed by atoms with E-state index in [1.807, 2.05) is 30.3 Å². The van der Waals surface area contributed by atoms with Gasteiger partial charge in [0.2, 0.25) is 0 Å². The van der Waals surface area contributed by atoms with Crippen LogP contribution in [0.25, 0.3) is 22.4 Å². The molecule has 0 bridgehead atoms. The number of fused-ring (bicyclic) bond motifs is 1. The van der Waals surface area contributed by atoms with Crippen LogP contribution in [0.1, 0.15) is 16.7 Å². The largest absolute Gasteiger partial charge is 0.504 e. The van der Waals surface area contributed by atoms with Gasteiger partial charge in [-0.15, -0.1) is 0 Å². The maximum Gasteiger partial charge on any atom is 0.416 e. The Labute approximate surface area is 158 Å². The number of esters is 1. The Hall–Kier alpha value is -3.54. The van der Waals surface area contributed by atoms with Crippen molar-refractivity contribution in [1.82, 2.24) is 0 Å². The Kier molecular flexibility index (Phi) is 4.19. The van der Waals surface area contributed by atoms with E-state index in [2.05, 4.69) is 0 Å². The lowest BCUT2D eigenvalue weighted by Crippen LogP contribution is -2.04. The van der Waals surface area contributed by atoms with E-state index in [4.69, 9.17) is 4.74 Å². The number of hydrogen-bond donors (Lipinski definition) is 1. The third kappa shape index (κ3) is 3.13. The molecule has 0 atom stereocenters. The van der Waals surface area contributed by atoms with Crippen LogP contribution >= 0.6 is 0 Å². The predicted molar refractivity (Wildman–Crippen MR) is 99.0 cm³/mol. The molecule has 3 aromatic rings. The molecule has 140 valence electrons. The maximum atomic E-state index is 12.9. The van der Waals surface area contributed by atoms with E-state index in [1.54, 1.807) is 12.1 Å². The summed E-state index contributed by atoms with van der Waals surface area (Å²) >= 11 is 0. The molecule has 4 rings (SSSR count). The molecule has 0 fully saturated rings. The highest BCUT2D eigenvalue weighted by molar-refractivity contribution is 6.24. The SMILES string of the molecule is O=C1O/C(=C\c2cccc(C(F)(F)F)c2)C(O)=C1c1cccc2ccccc12. The van der Waals surface area contributed by atoms with E-state index >= 15 is 0 Å². The molecule has 28 heavy (non-hydrogen) atoms. The van der Waals surface area contributed by atoms with E-state index in [-0.39, 0.29) is 16.9 Å². The molecule has 0 unspecified atom stereocenters. The number of ether oxygens (including phenoxy) is 1. The zero-order valence-corrected chi connectivity index (χ0v) is 14.3. The van der Waals surface area contributed by atoms with Crippen molar-refractivity contribution in [3.05, 3.63) is 94.9 Å². The summed E-state index contributed by atoms with van der Waals surface area (Å²) < 4.78 is 43.8. The van der Waals surface area contributed by atoms with Crippen molar-refractivity contribution < 1.29 is 27.8 Å². The molecule has 1 N–H and O–H groups in total. The topological polar surface area (TPSA) is 46.5 Å². The number of benzene rings is 3. The van der Waals surface area contributed by atoms with Gasteiger partial charge in [-0.3, -0.25) is 0 Å². The van der Waals surface area contributed by atoms with Crippen molar-refractivity contribution in [2.45, 2.75) is 6.18 Å². The monoisotopic (exact) mass is 382 g/mol. The molecule has 0 aromatic heterocycles. The van der Waals surface area contributed by atoms with Crippen molar-refractivity contribution in [2.24, 2.45) is 0 Å². The number of carbonyl (C=O) groups is 1. The number of cyclic esters (lactones) is 1. The van der Waals surface area contributed by atoms with E-state index < -0.39 is 23.5 Å². The van der Waals surface area contributed by atoms with Crippen molar-refractivity contribution in [2.75, 3.05) is 0 Å². The third-order valence-corrected chi connectivity index (χ3v) is 4.45. The van der Waals surface area contributed by atoms with Gasteiger partial charge in [0.15, 0.2) is 11.5 Å². The van der Waals surface area contributed by atoms with Crippen LogP contribution in [0.4, 0.5) is 13.2 Å². The van der Waals surface area contributed by atoms with Gasteiger partial charge in [0.05, 0.1) is 5.56 Å². The number of halogens is 3. The summed E-state index contributed by atoms with van der Waals surface area (Å²) in [6.07, 6.45) is -3.28. The normalized spacial score (nSPS) is 16.1. The minimum absolute atomic E-state index is 0.0185. The van der Waals surface area contributed by atoms with Crippen molar-refractivity contribution in [3.8, 4) is 0 Å².